The number of hydrogen-bond acceptors (Lipinski definition) is 4. The molecule has 0 saturated heterocycles. The van der Waals surface area contributed by atoms with E-state index < -0.39 is 6.04 Å². The minimum atomic E-state index is -0.394. The Morgan fingerprint density at radius 1 is 1.53 bits per heavy atom. The van der Waals surface area contributed by atoms with Crippen molar-refractivity contribution in [1.29, 1.82) is 0 Å². The first kappa shape index (κ1) is 11.8. The van der Waals surface area contributed by atoms with Crippen LogP contribution in [-0.2, 0) is 13.6 Å². The smallest absolute Gasteiger partial charge is 0.0951 e. The molecule has 2 rings (SSSR count). The number of nitrogens with zero attached hydrogens (tertiary/aromatic N) is 4. The van der Waals surface area contributed by atoms with Gasteiger partial charge in [-0.25, -0.2) is 4.98 Å². The molecular weight excluding hydrogens is 218 g/mol. The number of imidazole rings is 1. The highest BCUT2D eigenvalue weighted by Crippen LogP contribution is 2.13. The van der Waals surface area contributed by atoms with E-state index in [-0.39, 0.29) is 6.61 Å². The van der Waals surface area contributed by atoms with Gasteiger partial charge in [0.15, 0.2) is 0 Å². The fourth-order valence-corrected chi connectivity index (χ4v) is 1.85. The molecule has 0 aromatic carbocycles. The van der Waals surface area contributed by atoms with E-state index in [4.69, 9.17) is 10.8 Å². The molecule has 2 aromatic rings. The van der Waals surface area contributed by atoms with Crippen molar-refractivity contribution in [3.05, 3.63) is 35.7 Å². The number of hydrogen-bond donors (Lipinski definition) is 2. The molecule has 0 aliphatic rings. The van der Waals surface area contributed by atoms with Crippen LogP contribution >= 0.6 is 0 Å². The van der Waals surface area contributed by atoms with Crippen molar-refractivity contribution in [3.8, 4) is 0 Å². The quantitative estimate of drug-likeness (QED) is 0.779. The average molecular weight is 235 g/mol. The molecule has 92 valence electrons. The van der Waals surface area contributed by atoms with Gasteiger partial charge in [-0.1, -0.05) is 0 Å². The van der Waals surface area contributed by atoms with E-state index in [9.17, 15) is 0 Å². The summed E-state index contributed by atoms with van der Waals surface area (Å²) in [5.74, 6) is 0. The standard InChI is InChI=1S/C11H17N5O/c1-8-9(4-15(2)14-8)5-16-7-13-3-11(16)10(12)6-17/h3-4,7,10,17H,5-6,12H2,1-2H3. The van der Waals surface area contributed by atoms with Crippen LogP contribution in [0, 0.1) is 6.92 Å². The third-order valence-corrected chi connectivity index (χ3v) is 2.78. The molecule has 0 bridgehead atoms. The van der Waals surface area contributed by atoms with Gasteiger partial charge in [-0.2, -0.15) is 5.10 Å². The zero-order valence-corrected chi connectivity index (χ0v) is 10.0. The fourth-order valence-electron chi connectivity index (χ4n) is 1.85. The molecule has 3 N–H and O–H groups in total. The predicted octanol–water partition coefficient (Wildman–Crippen LogP) is -0.0346. The average Bonchev–Trinajstić information content (AvgIpc) is 2.86. The summed E-state index contributed by atoms with van der Waals surface area (Å²) < 4.78 is 3.72. The Labute approximate surface area is 99.7 Å². The second-order valence-corrected chi connectivity index (χ2v) is 4.15. The normalized spacial score (nSPS) is 12.9. The molecule has 1 unspecified atom stereocenters. The Hall–Kier alpha value is -1.66. The van der Waals surface area contributed by atoms with Crippen molar-refractivity contribution in [1.82, 2.24) is 19.3 Å². The topological polar surface area (TPSA) is 81.9 Å². The predicted molar refractivity (Wildman–Crippen MR) is 63.3 cm³/mol. The first-order valence-corrected chi connectivity index (χ1v) is 5.47. The Morgan fingerprint density at radius 2 is 2.29 bits per heavy atom. The van der Waals surface area contributed by atoms with E-state index in [1.54, 1.807) is 17.2 Å². The molecule has 0 saturated carbocycles. The van der Waals surface area contributed by atoms with E-state index in [0.29, 0.717) is 6.54 Å². The van der Waals surface area contributed by atoms with Crippen molar-refractivity contribution in [2.45, 2.75) is 19.5 Å². The zero-order chi connectivity index (χ0) is 12.4. The van der Waals surface area contributed by atoms with Crippen molar-refractivity contribution in [2.24, 2.45) is 12.8 Å². The molecule has 0 fully saturated rings. The molecule has 0 aliphatic carbocycles. The molecule has 17 heavy (non-hydrogen) atoms. The van der Waals surface area contributed by atoms with Gasteiger partial charge in [0.2, 0.25) is 0 Å². The van der Waals surface area contributed by atoms with Crippen LogP contribution in [-0.4, -0.2) is 31.0 Å². The van der Waals surface area contributed by atoms with Crippen LogP contribution in [0.1, 0.15) is 23.0 Å². The summed E-state index contributed by atoms with van der Waals surface area (Å²) >= 11 is 0. The lowest BCUT2D eigenvalue weighted by atomic mass is 10.2. The van der Waals surface area contributed by atoms with Crippen molar-refractivity contribution < 1.29 is 5.11 Å². The lowest BCUT2D eigenvalue weighted by Gasteiger charge is -2.11. The third kappa shape index (κ3) is 2.37. The maximum absolute atomic E-state index is 9.07. The lowest BCUT2D eigenvalue weighted by molar-refractivity contribution is 0.263. The Balaban J connectivity index is 2.24. The summed E-state index contributed by atoms with van der Waals surface area (Å²) in [7, 11) is 1.89. The maximum atomic E-state index is 9.07. The van der Waals surface area contributed by atoms with Crippen LogP contribution in [0.2, 0.25) is 0 Å². The molecule has 0 aliphatic heterocycles. The maximum Gasteiger partial charge on any atom is 0.0951 e. The first-order valence-electron chi connectivity index (χ1n) is 5.47. The van der Waals surface area contributed by atoms with E-state index in [1.165, 1.54) is 0 Å². The van der Waals surface area contributed by atoms with E-state index in [1.807, 2.05) is 24.7 Å². The molecular formula is C11H17N5O. The van der Waals surface area contributed by atoms with Gasteiger partial charge in [-0.15, -0.1) is 0 Å². The molecule has 1 atom stereocenters. The molecule has 2 heterocycles. The van der Waals surface area contributed by atoms with Crippen LogP contribution in [0.25, 0.3) is 0 Å². The first-order chi connectivity index (χ1) is 8.11. The number of rotatable bonds is 4. The van der Waals surface area contributed by atoms with Crippen LogP contribution < -0.4 is 5.73 Å². The monoisotopic (exact) mass is 235 g/mol. The van der Waals surface area contributed by atoms with Gasteiger partial charge >= 0.3 is 0 Å². The largest absolute Gasteiger partial charge is 0.394 e. The molecule has 6 heteroatoms. The molecule has 0 radical (unpaired) electrons. The van der Waals surface area contributed by atoms with Gasteiger partial charge in [-0.3, -0.25) is 4.68 Å². The summed E-state index contributed by atoms with van der Waals surface area (Å²) in [5.41, 5.74) is 8.75. The van der Waals surface area contributed by atoms with Gasteiger partial charge in [0.1, 0.15) is 0 Å². The molecule has 6 nitrogen and oxygen atoms in total. The zero-order valence-electron chi connectivity index (χ0n) is 10.0. The minimum absolute atomic E-state index is 0.0856. The third-order valence-electron chi connectivity index (χ3n) is 2.78. The number of nitrogens with two attached hydrogens (primary N) is 1. The Morgan fingerprint density at radius 3 is 2.88 bits per heavy atom. The summed E-state index contributed by atoms with van der Waals surface area (Å²) in [6.45, 7) is 2.55. The number of aliphatic hydroxyl groups is 1. The lowest BCUT2D eigenvalue weighted by Crippen LogP contribution is -2.19. The highest BCUT2D eigenvalue weighted by atomic mass is 16.3. The summed E-state index contributed by atoms with van der Waals surface area (Å²) in [6.07, 6.45) is 5.38. The van der Waals surface area contributed by atoms with Gasteiger partial charge in [0.05, 0.1) is 36.9 Å². The fraction of sp³-hybridized carbons (Fsp3) is 0.455. The van der Waals surface area contributed by atoms with Gasteiger partial charge in [0.25, 0.3) is 0 Å². The van der Waals surface area contributed by atoms with E-state index >= 15 is 0 Å². The van der Waals surface area contributed by atoms with Crippen LogP contribution in [0.4, 0.5) is 0 Å². The van der Waals surface area contributed by atoms with Crippen LogP contribution in [0.5, 0.6) is 0 Å². The molecule has 0 spiro atoms. The highest BCUT2D eigenvalue weighted by Gasteiger charge is 2.12. The second-order valence-electron chi connectivity index (χ2n) is 4.15. The number of aryl methyl sites for hydroxylation is 2. The number of aliphatic hydroxyl groups excluding tert-OH is 1. The van der Waals surface area contributed by atoms with Crippen LogP contribution in [0.15, 0.2) is 18.7 Å². The summed E-state index contributed by atoms with van der Waals surface area (Å²) in [5, 5.41) is 13.4. The van der Waals surface area contributed by atoms with E-state index in [0.717, 1.165) is 17.0 Å². The van der Waals surface area contributed by atoms with Gasteiger partial charge in [0, 0.05) is 25.0 Å². The van der Waals surface area contributed by atoms with Gasteiger partial charge < -0.3 is 15.4 Å². The minimum Gasteiger partial charge on any atom is -0.394 e. The van der Waals surface area contributed by atoms with Crippen LogP contribution in [0.3, 0.4) is 0 Å². The highest BCUT2D eigenvalue weighted by molar-refractivity contribution is 5.17. The van der Waals surface area contributed by atoms with Crippen molar-refractivity contribution in [3.63, 3.8) is 0 Å². The summed E-state index contributed by atoms with van der Waals surface area (Å²) in [6, 6.07) is -0.394. The van der Waals surface area contributed by atoms with Crippen molar-refractivity contribution in [2.75, 3.05) is 6.61 Å². The van der Waals surface area contributed by atoms with Gasteiger partial charge in [-0.05, 0) is 6.92 Å². The Kier molecular flexibility index (Phi) is 3.26. The molecule has 0 amide bonds. The number of aromatic nitrogens is 4. The molecule has 2 aromatic heterocycles. The summed E-state index contributed by atoms with van der Waals surface area (Å²) in [4.78, 5) is 4.07. The second kappa shape index (κ2) is 4.68. The Bertz CT molecular complexity index is 502. The SMILES string of the molecule is Cc1nn(C)cc1Cn1cncc1C(N)CO. The van der Waals surface area contributed by atoms with Crippen molar-refractivity contribution >= 4 is 0 Å². The van der Waals surface area contributed by atoms with E-state index in [2.05, 4.69) is 10.1 Å².